The summed E-state index contributed by atoms with van der Waals surface area (Å²) in [6.45, 7) is 2.15. The van der Waals surface area contributed by atoms with Crippen LogP contribution in [0.2, 0.25) is 0 Å². The van der Waals surface area contributed by atoms with E-state index in [1.54, 1.807) is 24.7 Å². The van der Waals surface area contributed by atoms with Crippen molar-refractivity contribution in [3.63, 3.8) is 0 Å². The predicted molar refractivity (Wildman–Crippen MR) is 49.2 cm³/mol. The number of hydrogen-bond acceptors (Lipinski definition) is 1. The standard InChI is InChI=1S/C8H6BrS.3ClH.Zr/c1-5-2-6-7(9)4-10-8(6)3-5;;;;/h2-4H,1H3;3*1H;/q;;;;+3/p-3. The van der Waals surface area contributed by atoms with Crippen LogP contribution in [0, 0.1) is 0 Å². The van der Waals surface area contributed by atoms with Gasteiger partial charge in [0.05, 0.1) is 0 Å². The summed E-state index contributed by atoms with van der Waals surface area (Å²) >= 11 is 7.19. The minimum atomic E-state index is 0. The molecule has 1 aliphatic heterocycles. The molecule has 0 aromatic heterocycles. The first-order valence-corrected chi connectivity index (χ1v) is 6.45. The van der Waals surface area contributed by atoms with Crippen LogP contribution in [0.1, 0.15) is 6.92 Å². The van der Waals surface area contributed by atoms with Crippen LogP contribution in [-0.4, -0.2) is 2.96 Å². The summed E-state index contributed by atoms with van der Waals surface area (Å²) in [7, 11) is 0. The van der Waals surface area contributed by atoms with Gasteiger partial charge in [0.1, 0.15) is 0 Å². The van der Waals surface area contributed by atoms with Gasteiger partial charge in [0.15, 0.2) is 0 Å². The molecule has 0 saturated carbocycles. The summed E-state index contributed by atoms with van der Waals surface area (Å²) in [4.78, 5) is 1.45. The second-order valence-electron chi connectivity index (χ2n) is 2.66. The Labute approximate surface area is 131 Å². The largest absolute Gasteiger partial charge is 1.00 e. The first-order chi connectivity index (χ1) is 5.18. The van der Waals surface area contributed by atoms with Crippen LogP contribution in [0.15, 0.2) is 32.7 Å². The van der Waals surface area contributed by atoms with Gasteiger partial charge in [-0.2, -0.15) is 0 Å². The van der Waals surface area contributed by atoms with Gasteiger partial charge in [-0.15, -0.1) is 0 Å². The fraction of sp³-hybridized carbons (Fsp3) is 0.250. The van der Waals surface area contributed by atoms with E-state index < -0.39 is 0 Å². The van der Waals surface area contributed by atoms with Crippen molar-refractivity contribution in [2.24, 2.45) is 0 Å². The van der Waals surface area contributed by atoms with E-state index in [0.717, 1.165) is 0 Å². The molecule has 0 aromatic carbocycles. The third-order valence-corrected chi connectivity index (χ3v) is 6.60. The summed E-state index contributed by atoms with van der Waals surface area (Å²) in [6, 6.07) is 0. The maximum Gasteiger partial charge on any atom is -1.00 e. The van der Waals surface area contributed by atoms with Crippen LogP contribution in [0.3, 0.4) is 0 Å². The molecular formula is C8H6BrCl3SZr. The number of thioether (sulfide) groups is 1. The maximum atomic E-state index is 3.63. The van der Waals surface area contributed by atoms with Crippen LogP contribution >= 0.6 is 27.7 Å². The summed E-state index contributed by atoms with van der Waals surface area (Å²) in [6.07, 6.45) is 4.53. The Hall–Kier alpha value is 1.80. The minimum Gasteiger partial charge on any atom is -1.00 e. The molecule has 0 amide bonds. The molecule has 0 fully saturated rings. The van der Waals surface area contributed by atoms with E-state index in [1.165, 1.54) is 20.5 Å². The van der Waals surface area contributed by atoms with Gasteiger partial charge in [0, 0.05) is 0 Å². The van der Waals surface area contributed by atoms with E-state index in [-0.39, 0.29) is 37.2 Å². The normalized spacial score (nSPS) is 22.7. The Bertz CT molecular complexity index is 312. The topological polar surface area (TPSA) is 0 Å². The van der Waals surface area contributed by atoms with Gasteiger partial charge in [-0.25, -0.2) is 0 Å². The molecule has 0 bridgehead atoms. The number of allylic oxidation sites excluding steroid dienone is 4. The van der Waals surface area contributed by atoms with Gasteiger partial charge >= 0.3 is 95.0 Å². The van der Waals surface area contributed by atoms with Crippen LogP contribution in [-0.2, 0) is 24.7 Å². The Morgan fingerprint density at radius 2 is 1.86 bits per heavy atom. The smallest absolute Gasteiger partial charge is 1.00 e. The molecule has 0 saturated heterocycles. The molecule has 1 heterocycles. The zero-order valence-electron chi connectivity index (χ0n) is 7.15. The van der Waals surface area contributed by atoms with Gasteiger partial charge < -0.3 is 37.2 Å². The van der Waals surface area contributed by atoms with E-state index in [1.807, 2.05) is 11.8 Å². The van der Waals surface area contributed by atoms with Gasteiger partial charge in [-0.1, -0.05) is 0 Å². The van der Waals surface area contributed by atoms with E-state index in [0.29, 0.717) is 2.96 Å². The quantitative estimate of drug-likeness (QED) is 0.383. The fourth-order valence-electron chi connectivity index (χ4n) is 1.23. The molecule has 0 aromatic rings. The molecule has 0 spiro atoms. The summed E-state index contributed by atoms with van der Waals surface area (Å²) in [5, 5.41) is 0. The molecule has 1 aliphatic carbocycles. The van der Waals surface area contributed by atoms with Crippen molar-refractivity contribution < 1.29 is 61.9 Å². The molecule has 1 unspecified atom stereocenters. The molecule has 0 N–H and O–H groups in total. The average Bonchev–Trinajstić information content (AvgIpc) is 2.37. The predicted octanol–water partition coefficient (Wildman–Crippen LogP) is -5.89. The van der Waals surface area contributed by atoms with Crippen molar-refractivity contribution in [2.45, 2.75) is 9.88 Å². The summed E-state index contributed by atoms with van der Waals surface area (Å²) in [5.74, 6) is 0. The van der Waals surface area contributed by atoms with Crippen molar-refractivity contribution in [2.75, 3.05) is 0 Å². The Morgan fingerprint density at radius 1 is 1.29 bits per heavy atom. The van der Waals surface area contributed by atoms with E-state index in [4.69, 9.17) is 0 Å². The average molecular weight is 412 g/mol. The van der Waals surface area contributed by atoms with E-state index >= 15 is 0 Å². The maximum absolute atomic E-state index is 3.63. The van der Waals surface area contributed by atoms with Crippen molar-refractivity contribution in [3.05, 3.63) is 32.7 Å². The van der Waals surface area contributed by atoms with Crippen molar-refractivity contribution >= 4 is 27.7 Å². The molecule has 0 radical (unpaired) electrons. The number of hydrogen-bond donors (Lipinski definition) is 0. The summed E-state index contributed by atoms with van der Waals surface area (Å²) in [5.41, 5.74) is 2.80. The molecular weight excluding hydrogens is 406 g/mol. The molecule has 6 heteroatoms. The SMILES string of the molecule is CC1=CC2=C(Br)[CH]([Zr+3])SC2=C1.[Cl-].[Cl-].[Cl-]. The van der Waals surface area contributed by atoms with Gasteiger partial charge in [0.2, 0.25) is 0 Å². The Kier molecular flexibility index (Phi) is 9.34. The number of fused-ring (bicyclic) bond motifs is 1. The van der Waals surface area contributed by atoms with Crippen LogP contribution in [0.4, 0.5) is 0 Å². The second-order valence-corrected chi connectivity index (χ2v) is 7.11. The zero-order valence-corrected chi connectivity index (χ0v) is 14.3. The van der Waals surface area contributed by atoms with Crippen molar-refractivity contribution in [1.29, 1.82) is 0 Å². The van der Waals surface area contributed by atoms with Gasteiger partial charge in [-0.05, 0) is 0 Å². The Morgan fingerprint density at radius 3 is 2.36 bits per heavy atom. The first kappa shape index (κ1) is 18.2. The molecule has 2 rings (SSSR count). The minimum absolute atomic E-state index is 0. The zero-order chi connectivity index (χ0) is 8.01. The fourth-order valence-corrected chi connectivity index (χ4v) is 4.32. The third-order valence-electron chi connectivity index (χ3n) is 1.73. The monoisotopic (exact) mass is 408 g/mol. The molecule has 0 nitrogen and oxygen atoms in total. The Balaban J connectivity index is 0. The summed E-state index contributed by atoms with van der Waals surface area (Å²) < 4.78 is 2.09. The van der Waals surface area contributed by atoms with Crippen molar-refractivity contribution in [1.82, 2.24) is 0 Å². The first-order valence-electron chi connectivity index (χ1n) is 3.36. The third kappa shape index (κ3) is 3.40. The second kappa shape index (κ2) is 7.19. The van der Waals surface area contributed by atoms with Gasteiger partial charge in [0.25, 0.3) is 0 Å². The molecule has 76 valence electrons. The number of rotatable bonds is 0. The van der Waals surface area contributed by atoms with Crippen LogP contribution in [0.25, 0.3) is 0 Å². The molecule has 14 heavy (non-hydrogen) atoms. The van der Waals surface area contributed by atoms with Crippen molar-refractivity contribution in [3.8, 4) is 0 Å². The molecule has 2 aliphatic rings. The van der Waals surface area contributed by atoms with Gasteiger partial charge in [-0.3, -0.25) is 0 Å². The van der Waals surface area contributed by atoms with Crippen LogP contribution in [0.5, 0.6) is 0 Å². The van der Waals surface area contributed by atoms with Crippen LogP contribution < -0.4 is 37.2 Å². The molecule has 1 atom stereocenters. The van der Waals surface area contributed by atoms with E-state index in [9.17, 15) is 0 Å². The van der Waals surface area contributed by atoms with E-state index in [2.05, 4.69) is 35.0 Å². The number of halogens is 4.